The van der Waals surface area contributed by atoms with E-state index < -0.39 is 11.6 Å². The number of nitrogens with one attached hydrogen (secondary N) is 1. The monoisotopic (exact) mass is 255 g/mol. The number of halogens is 3. The maximum absolute atomic E-state index is 12.9. The van der Waals surface area contributed by atoms with Gasteiger partial charge in [0, 0.05) is 11.8 Å². The Hall–Kier alpha value is -1.81. The van der Waals surface area contributed by atoms with Crippen molar-refractivity contribution in [3.8, 4) is 5.75 Å². The lowest BCUT2D eigenvalue weighted by Gasteiger charge is -2.09. The summed E-state index contributed by atoms with van der Waals surface area (Å²) in [6.45, 7) is 0. The van der Waals surface area contributed by atoms with Crippen LogP contribution in [0.5, 0.6) is 5.75 Å². The van der Waals surface area contributed by atoms with Crippen LogP contribution in [0.15, 0.2) is 36.4 Å². The van der Waals surface area contributed by atoms with Crippen molar-refractivity contribution in [1.82, 2.24) is 0 Å². The third kappa shape index (κ3) is 2.65. The third-order valence-electron chi connectivity index (χ3n) is 2.13. The smallest absolute Gasteiger partial charge is 0.157 e. The van der Waals surface area contributed by atoms with Gasteiger partial charge in [0.2, 0.25) is 0 Å². The van der Waals surface area contributed by atoms with Crippen LogP contribution in [0.25, 0.3) is 0 Å². The molecule has 2 N–H and O–H groups in total. The van der Waals surface area contributed by atoms with Crippen molar-refractivity contribution in [2.75, 3.05) is 5.32 Å². The van der Waals surface area contributed by atoms with Crippen LogP contribution < -0.4 is 5.32 Å². The first kappa shape index (κ1) is 11.7. The van der Waals surface area contributed by atoms with Gasteiger partial charge in [-0.2, -0.15) is 0 Å². The van der Waals surface area contributed by atoms with Gasteiger partial charge in [0.1, 0.15) is 11.6 Å². The average molecular weight is 256 g/mol. The molecule has 0 aliphatic heterocycles. The second-order valence-corrected chi connectivity index (χ2v) is 3.83. The van der Waals surface area contributed by atoms with Gasteiger partial charge >= 0.3 is 0 Å². The van der Waals surface area contributed by atoms with E-state index in [4.69, 9.17) is 11.6 Å². The van der Waals surface area contributed by atoms with Crippen molar-refractivity contribution in [3.05, 3.63) is 53.1 Å². The number of rotatable bonds is 2. The number of aromatic hydroxyl groups is 1. The van der Waals surface area contributed by atoms with Gasteiger partial charge in [0.15, 0.2) is 5.75 Å². The summed E-state index contributed by atoms with van der Waals surface area (Å²) in [6, 6.07) is 7.66. The Morgan fingerprint density at radius 3 is 2.35 bits per heavy atom. The molecule has 5 heteroatoms. The first-order chi connectivity index (χ1) is 8.06. The third-order valence-corrected chi connectivity index (χ3v) is 2.43. The normalized spacial score (nSPS) is 10.3. The predicted molar refractivity (Wildman–Crippen MR) is 62.8 cm³/mol. The highest BCUT2D eigenvalue weighted by atomic mass is 35.5. The highest BCUT2D eigenvalue weighted by molar-refractivity contribution is 6.32. The van der Waals surface area contributed by atoms with Gasteiger partial charge in [0.05, 0.1) is 10.7 Å². The van der Waals surface area contributed by atoms with Crippen molar-refractivity contribution in [2.45, 2.75) is 0 Å². The van der Waals surface area contributed by atoms with E-state index in [1.165, 1.54) is 6.07 Å². The molecule has 0 spiro atoms. The molecule has 0 aromatic heterocycles. The van der Waals surface area contributed by atoms with Gasteiger partial charge in [-0.15, -0.1) is 0 Å². The highest BCUT2D eigenvalue weighted by Crippen LogP contribution is 2.33. The molecule has 0 atom stereocenters. The van der Waals surface area contributed by atoms with Crippen molar-refractivity contribution in [2.24, 2.45) is 0 Å². The average Bonchev–Trinajstić information content (AvgIpc) is 2.23. The molecule has 0 fully saturated rings. The zero-order chi connectivity index (χ0) is 12.4. The van der Waals surface area contributed by atoms with Crippen LogP contribution in [0.3, 0.4) is 0 Å². The minimum absolute atomic E-state index is 0.159. The number of para-hydroxylation sites is 1. The summed E-state index contributed by atoms with van der Waals surface area (Å²) in [7, 11) is 0. The fraction of sp³-hybridized carbons (Fsp3) is 0. The van der Waals surface area contributed by atoms with Crippen molar-refractivity contribution < 1.29 is 13.9 Å². The molecule has 2 aromatic rings. The van der Waals surface area contributed by atoms with E-state index >= 15 is 0 Å². The predicted octanol–water partition coefficient (Wildman–Crippen LogP) is 4.07. The Morgan fingerprint density at radius 2 is 1.71 bits per heavy atom. The molecule has 0 aliphatic rings. The summed E-state index contributed by atoms with van der Waals surface area (Å²) in [4.78, 5) is 0. The number of anilines is 2. The van der Waals surface area contributed by atoms with Crippen LogP contribution in [-0.4, -0.2) is 5.11 Å². The van der Waals surface area contributed by atoms with E-state index in [9.17, 15) is 13.9 Å². The van der Waals surface area contributed by atoms with Gasteiger partial charge in [-0.05, 0) is 24.3 Å². The first-order valence-corrected chi connectivity index (χ1v) is 5.14. The first-order valence-electron chi connectivity index (χ1n) is 4.77. The molecule has 0 unspecified atom stereocenters. The van der Waals surface area contributed by atoms with Gasteiger partial charge in [-0.3, -0.25) is 0 Å². The number of phenols is 1. The van der Waals surface area contributed by atoms with Crippen LogP contribution in [0.1, 0.15) is 0 Å². The van der Waals surface area contributed by atoms with E-state index in [2.05, 4.69) is 5.32 Å². The lowest BCUT2D eigenvalue weighted by molar-refractivity contribution is 0.478. The van der Waals surface area contributed by atoms with Gasteiger partial charge < -0.3 is 10.4 Å². The van der Waals surface area contributed by atoms with Crippen LogP contribution >= 0.6 is 11.6 Å². The van der Waals surface area contributed by atoms with Gasteiger partial charge in [-0.25, -0.2) is 8.78 Å². The second-order valence-electron chi connectivity index (χ2n) is 3.42. The van der Waals surface area contributed by atoms with Crippen molar-refractivity contribution >= 4 is 23.0 Å². The summed E-state index contributed by atoms with van der Waals surface area (Å²) in [5, 5.41) is 12.5. The molecule has 0 saturated heterocycles. The summed E-state index contributed by atoms with van der Waals surface area (Å²) >= 11 is 5.70. The molecule has 0 radical (unpaired) electrons. The van der Waals surface area contributed by atoms with E-state index in [0.29, 0.717) is 0 Å². The van der Waals surface area contributed by atoms with Gasteiger partial charge in [0.25, 0.3) is 0 Å². The molecule has 0 heterocycles. The highest BCUT2D eigenvalue weighted by Gasteiger charge is 2.06. The lowest BCUT2D eigenvalue weighted by Crippen LogP contribution is -1.93. The number of hydrogen-bond acceptors (Lipinski definition) is 2. The molecule has 0 bridgehead atoms. The summed E-state index contributed by atoms with van der Waals surface area (Å²) in [5.41, 5.74) is 0.475. The largest absolute Gasteiger partial charge is 0.504 e. The van der Waals surface area contributed by atoms with Crippen LogP contribution in [0.2, 0.25) is 5.02 Å². The number of hydrogen-bond donors (Lipinski definition) is 2. The molecule has 88 valence electrons. The van der Waals surface area contributed by atoms with E-state index in [1.54, 1.807) is 12.1 Å². The van der Waals surface area contributed by atoms with Crippen LogP contribution in [0, 0.1) is 11.6 Å². The molecular weight excluding hydrogens is 248 g/mol. The summed E-state index contributed by atoms with van der Waals surface area (Å²) < 4.78 is 25.9. The van der Waals surface area contributed by atoms with Crippen molar-refractivity contribution in [1.29, 1.82) is 0 Å². The van der Waals surface area contributed by atoms with Gasteiger partial charge in [-0.1, -0.05) is 17.7 Å². The van der Waals surface area contributed by atoms with E-state index in [0.717, 1.165) is 18.2 Å². The van der Waals surface area contributed by atoms with Crippen LogP contribution in [0.4, 0.5) is 20.2 Å². The Kier molecular flexibility index (Phi) is 3.15. The maximum Gasteiger partial charge on any atom is 0.157 e. The number of benzene rings is 2. The molecule has 0 aliphatic carbocycles. The topological polar surface area (TPSA) is 32.3 Å². The standard InChI is InChI=1S/C12H8ClF2NO/c13-10-2-1-3-11(12(10)17)16-9-5-7(14)4-8(15)6-9/h1-6,16-17H. The molecule has 17 heavy (non-hydrogen) atoms. The van der Waals surface area contributed by atoms with Crippen LogP contribution in [-0.2, 0) is 0 Å². The molecule has 0 saturated carbocycles. The maximum atomic E-state index is 12.9. The van der Waals surface area contributed by atoms with E-state index in [-0.39, 0.29) is 22.1 Å². The Morgan fingerprint density at radius 1 is 1.06 bits per heavy atom. The summed E-state index contributed by atoms with van der Waals surface area (Å²) in [5.74, 6) is -1.57. The second kappa shape index (κ2) is 4.59. The Bertz CT molecular complexity index is 540. The zero-order valence-electron chi connectivity index (χ0n) is 8.55. The molecule has 2 nitrogen and oxygen atoms in total. The molecule has 0 amide bonds. The molecule has 2 rings (SSSR count). The quantitative estimate of drug-likeness (QED) is 0.793. The fourth-order valence-corrected chi connectivity index (χ4v) is 1.57. The Labute approximate surface area is 101 Å². The van der Waals surface area contributed by atoms with E-state index in [1.807, 2.05) is 0 Å². The molecule has 2 aromatic carbocycles. The fourth-order valence-electron chi connectivity index (χ4n) is 1.40. The lowest BCUT2D eigenvalue weighted by atomic mass is 10.2. The zero-order valence-corrected chi connectivity index (χ0v) is 9.30. The van der Waals surface area contributed by atoms with Crippen molar-refractivity contribution in [3.63, 3.8) is 0 Å². The minimum atomic E-state index is -0.700. The SMILES string of the molecule is Oc1c(Cl)cccc1Nc1cc(F)cc(F)c1. The summed E-state index contributed by atoms with van der Waals surface area (Å²) in [6.07, 6.45) is 0. The minimum Gasteiger partial charge on any atom is -0.504 e. The molecular formula is C12H8ClF2NO. The number of phenolic OH excluding ortho intramolecular Hbond substituents is 1. The Balaban J connectivity index is 2.34.